The highest BCUT2D eigenvalue weighted by molar-refractivity contribution is 5.14. The molecule has 1 fully saturated rings. The van der Waals surface area contributed by atoms with Crippen molar-refractivity contribution in [1.29, 1.82) is 0 Å². The Morgan fingerprint density at radius 2 is 1.61 bits per heavy atom. The smallest absolute Gasteiger partial charge is 0.231 e. The molecule has 2 atom stereocenters. The largest absolute Gasteiger partial charge is 0.292 e. The number of nitro groups is 2. The summed E-state index contributed by atoms with van der Waals surface area (Å²) in [6, 6.07) is 9.72. The van der Waals surface area contributed by atoms with Crippen molar-refractivity contribution in [2.24, 2.45) is 16.7 Å². The van der Waals surface area contributed by atoms with E-state index >= 15 is 0 Å². The molecule has 0 aliphatic carbocycles. The molecule has 28 heavy (non-hydrogen) atoms. The SMILES string of the molecule is CC(C)(C)/C=C/[N+](=O)[O-].CC(C)(C)C1CN(Cc2ccccc2)CC1[N+](=O)[O-]. The number of hydrogen-bond acceptors (Lipinski definition) is 5. The van der Waals surface area contributed by atoms with Crippen LogP contribution in [0.2, 0.25) is 0 Å². The summed E-state index contributed by atoms with van der Waals surface area (Å²) in [6.07, 6.45) is 2.53. The maximum absolute atomic E-state index is 11.2. The number of allylic oxidation sites excluding steroid dienone is 1. The lowest BCUT2D eigenvalue weighted by Gasteiger charge is -2.27. The Labute approximate surface area is 167 Å². The van der Waals surface area contributed by atoms with E-state index in [9.17, 15) is 20.2 Å². The average Bonchev–Trinajstić information content (AvgIpc) is 2.98. The van der Waals surface area contributed by atoms with Crippen molar-refractivity contribution in [3.63, 3.8) is 0 Å². The third-order valence-electron chi connectivity index (χ3n) is 4.69. The Morgan fingerprint density at radius 1 is 1.04 bits per heavy atom. The molecule has 156 valence electrons. The van der Waals surface area contributed by atoms with E-state index in [1.165, 1.54) is 5.56 Å². The molecule has 1 aliphatic heterocycles. The molecule has 0 N–H and O–H groups in total. The second kappa shape index (κ2) is 9.78. The molecular formula is C21H33N3O4. The van der Waals surface area contributed by atoms with Gasteiger partial charge in [0.2, 0.25) is 12.2 Å². The van der Waals surface area contributed by atoms with Crippen LogP contribution in [-0.2, 0) is 6.54 Å². The molecule has 7 nitrogen and oxygen atoms in total. The van der Waals surface area contributed by atoms with Crippen molar-refractivity contribution in [2.45, 2.75) is 54.1 Å². The summed E-state index contributed by atoms with van der Waals surface area (Å²) >= 11 is 0. The molecule has 7 heteroatoms. The maximum atomic E-state index is 11.2. The van der Waals surface area contributed by atoms with Gasteiger partial charge in [0.1, 0.15) is 0 Å². The Hall–Kier alpha value is -2.28. The number of hydrogen-bond donors (Lipinski definition) is 0. The van der Waals surface area contributed by atoms with Crippen LogP contribution in [-0.4, -0.2) is 33.9 Å². The van der Waals surface area contributed by atoms with Crippen molar-refractivity contribution in [3.8, 4) is 0 Å². The van der Waals surface area contributed by atoms with Crippen LogP contribution in [0.5, 0.6) is 0 Å². The Bertz CT molecular complexity index is 675. The van der Waals surface area contributed by atoms with Gasteiger partial charge in [-0.2, -0.15) is 0 Å². The molecule has 0 amide bonds. The number of nitrogens with zero attached hydrogens (tertiary/aromatic N) is 3. The summed E-state index contributed by atoms with van der Waals surface area (Å²) in [5, 5.41) is 21.0. The zero-order chi connectivity index (χ0) is 21.5. The summed E-state index contributed by atoms with van der Waals surface area (Å²) in [5.41, 5.74) is 1.11. The topological polar surface area (TPSA) is 89.5 Å². The van der Waals surface area contributed by atoms with E-state index in [1.54, 1.807) is 6.08 Å². The van der Waals surface area contributed by atoms with Gasteiger partial charge in [0.15, 0.2) is 0 Å². The minimum absolute atomic E-state index is 0.0246. The fraction of sp³-hybridized carbons (Fsp3) is 0.619. The average molecular weight is 392 g/mol. The number of benzene rings is 1. The third-order valence-corrected chi connectivity index (χ3v) is 4.69. The standard InChI is InChI=1S/C15H22N2O2.C6H11NO2/c1-15(2,3)13-10-16(11-14(13)17(18)19)9-12-7-5-4-6-8-12;1-6(2,3)4-5-7(8)9/h4-8,13-14H,9-11H2,1-3H3;4-5H,1-3H3/b;5-4+. The van der Waals surface area contributed by atoms with Gasteiger partial charge >= 0.3 is 0 Å². The summed E-state index contributed by atoms with van der Waals surface area (Å²) in [5.74, 6) is 0.117. The second-order valence-corrected chi connectivity index (χ2v) is 9.47. The third kappa shape index (κ3) is 8.61. The van der Waals surface area contributed by atoms with Crippen LogP contribution in [0.15, 0.2) is 42.6 Å². The zero-order valence-electron chi connectivity index (χ0n) is 17.8. The molecule has 2 rings (SSSR count). The van der Waals surface area contributed by atoms with E-state index in [2.05, 4.69) is 37.8 Å². The lowest BCUT2D eigenvalue weighted by Crippen LogP contribution is -2.36. The van der Waals surface area contributed by atoms with Crippen molar-refractivity contribution in [2.75, 3.05) is 13.1 Å². The van der Waals surface area contributed by atoms with Gasteiger partial charge in [0.05, 0.1) is 11.5 Å². The van der Waals surface area contributed by atoms with Crippen LogP contribution < -0.4 is 0 Å². The molecule has 0 spiro atoms. The van der Waals surface area contributed by atoms with E-state index in [-0.39, 0.29) is 21.7 Å². The minimum atomic E-state index is -0.453. The summed E-state index contributed by atoms with van der Waals surface area (Å²) in [4.78, 5) is 22.7. The van der Waals surface area contributed by atoms with Gasteiger partial charge < -0.3 is 0 Å². The summed E-state index contributed by atoms with van der Waals surface area (Å²) < 4.78 is 0. The highest BCUT2D eigenvalue weighted by atomic mass is 16.6. The monoisotopic (exact) mass is 391 g/mol. The summed E-state index contributed by atoms with van der Waals surface area (Å²) in [7, 11) is 0. The molecular weight excluding hydrogens is 358 g/mol. The van der Waals surface area contributed by atoms with Gasteiger partial charge in [-0.25, -0.2) is 0 Å². The highest BCUT2D eigenvalue weighted by Gasteiger charge is 2.46. The van der Waals surface area contributed by atoms with E-state index in [4.69, 9.17) is 0 Å². The fourth-order valence-electron chi connectivity index (χ4n) is 3.19. The van der Waals surface area contributed by atoms with Crippen LogP contribution in [0.3, 0.4) is 0 Å². The van der Waals surface area contributed by atoms with Crippen LogP contribution >= 0.6 is 0 Å². The highest BCUT2D eigenvalue weighted by Crippen LogP contribution is 2.35. The second-order valence-electron chi connectivity index (χ2n) is 9.47. The zero-order valence-corrected chi connectivity index (χ0v) is 17.8. The first-order chi connectivity index (χ1) is 12.8. The number of rotatable bonds is 4. The molecule has 0 bridgehead atoms. The van der Waals surface area contributed by atoms with Gasteiger partial charge in [-0.1, -0.05) is 71.9 Å². The van der Waals surface area contributed by atoms with Crippen LogP contribution in [0.1, 0.15) is 47.1 Å². The van der Waals surface area contributed by atoms with Gasteiger partial charge in [0, 0.05) is 23.9 Å². The van der Waals surface area contributed by atoms with E-state index in [0.717, 1.165) is 19.3 Å². The van der Waals surface area contributed by atoms with Gasteiger partial charge in [-0.3, -0.25) is 25.1 Å². The molecule has 1 aromatic rings. The van der Waals surface area contributed by atoms with Gasteiger partial charge in [0.25, 0.3) is 0 Å². The Balaban J connectivity index is 0.000000370. The van der Waals surface area contributed by atoms with E-state index in [1.807, 2.05) is 39.0 Å². The van der Waals surface area contributed by atoms with Crippen molar-refractivity contribution in [1.82, 2.24) is 4.90 Å². The van der Waals surface area contributed by atoms with E-state index in [0.29, 0.717) is 6.54 Å². The Kier molecular flexibility index (Phi) is 8.29. The molecule has 0 aromatic heterocycles. The quantitative estimate of drug-likeness (QED) is 0.551. The predicted molar refractivity (Wildman–Crippen MR) is 111 cm³/mol. The summed E-state index contributed by atoms with van der Waals surface area (Å²) in [6.45, 7) is 14.2. The first kappa shape index (κ1) is 23.8. The van der Waals surface area contributed by atoms with Gasteiger partial charge in [-0.05, 0) is 22.5 Å². The van der Waals surface area contributed by atoms with Crippen molar-refractivity contribution in [3.05, 3.63) is 68.4 Å². The lowest BCUT2D eigenvalue weighted by molar-refractivity contribution is -0.529. The first-order valence-electron chi connectivity index (χ1n) is 9.52. The van der Waals surface area contributed by atoms with E-state index < -0.39 is 11.0 Å². The first-order valence-corrected chi connectivity index (χ1v) is 9.52. The lowest BCUT2D eigenvalue weighted by atomic mass is 9.78. The molecule has 1 aromatic carbocycles. The Morgan fingerprint density at radius 3 is 1.96 bits per heavy atom. The number of likely N-dealkylation sites (tertiary alicyclic amines) is 1. The molecule has 0 radical (unpaired) electrons. The van der Waals surface area contributed by atoms with Crippen molar-refractivity contribution < 1.29 is 9.85 Å². The normalized spacial score (nSPS) is 20.6. The van der Waals surface area contributed by atoms with Crippen LogP contribution in [0.25, 0.3) is 0 Å². The molecule has 1 saturated heterocycles. The minimum Gasteiger partial charge on any atom is -0.292 e. The van der Waals surface area contributed by atoms with Crippen LogP contribution in [0, 0.1) is 37.0 Å². The fourth-order valence-corrected chi connectivity index (χ4v) is 3.19. The molecule has 2 unspecified atom stereocenters. The molecule has 0 saturated carbocycles. The molecule has 1 heterocycles. The molecule has 1 aliphatic rings. The van der Waals surface area contributed by atoms with Gasteiger partial charge in [-0.15, -0.1) is 0 Å². The van der Waals surface area contributed by atoms with Crippen molar-refractivity contribution >= 4 is 0 Å². The van der Waals surface area contributed by atoms with Crippen LogP contribution in [0.4, 0.5) is 0 Å². The predicted octanol–water partition coefficient (Wildman–Crippen LogP) is 4.63. The maximum Gasteiger partial charge on any atom is 0.231 e.